The summed E-state index contributed by atoms with van der Waals surface area (Å²) in [5.74, 6) is -2.86. The van der Waals surface area contributed by atoms with E-state index in [0.29, 0.717) is 28.7 Å². The van der Waals surface area contributed by atoms with Crippen molar-refractivity contribution >= 4 is 17.5 Å². The third kappa shape index (κ3) is 5.76. The zero-order valence-electron chi connectivity index (χ0n) is 23.7. The molecule has 44 heavy (non-hydrogen) atoms. The van der Waals surface area contributed by atoms with Crippen molar-refractivity contribution in [1.82, 2.24) is 35.4 Å². The third-order valence-corrected chi connectivity index (χ3v) is 9.86. The molecule has 4 heterocycles. The van der Waals surface area contributed by atoms with Crippen molar-refractivity contribution in [2.24, 2.45) is 29.1 Å². The van der Waals surface area contributed by atoms with Gasteiger partial charge in [-0.1, -0.05) is 0 Å². The van der Waals surface area contributed by atoms with E-state index in [4.69, 9.17) is 9.40 Å². The Morgan fingerprint density at radius 2 is 1.95 bits per heavy atom. The monoisotopic (exact) mass is 621 g/mol. The van der Waals surface area contributed by atoms with Crippen LogP contribution in [0.2, 0.25) is 0 Å². The first-order valence-corrected chi connectivity index (χ1v) is 15.0. The summed E-state index contributed by atoms with van der Waals surface area (Å²) >= 11 is 0. The number of nitrogens with zero attached hydrogens (tertiary/aromatic N) is 5. The van der Waals surface area contributed by atoms with Gasteiger partial charge in [0.1, 0.15) is 6.04 Å². The molecule has 3 aliphatic carbocycles. The van der Waals surface area contributed by atoms with Gasteiger partial charge in [0.15, 0.2) is 5.65 Å². The predicted molar refractivity (Wildman–Crippen MR) is 142 cm³/mol. The van der Waals surface area contributed by atoms with E-state index in [1.54, 1.807) is 12.3 Å². The highest BCUT2D eigenvalue weighted by Crippen LogP contribution is 2.54. The second kappa shape index (κ2) is 10.5. The quantitative estimate of drug-likeness (QED) is 0.340. The summed E-state index contributed by atoms with van der Waals surface area (Å²) in [7, 11) is 0. The summed E-state index contributed by atoms with van der Waals surface area (Å²) in [6.45, 7) is 0. The van der Waals surface area contributed by atoms with E-state index < -0.39 is 41.9 Å². The fourth-order valence-electron chi connectivity index (χ4n) is 7.20. The van der Waals surface area contributed by atoms with Gasteiger partial charge in [-0.15, -0.1) is 10.2 Å². The normalized spacial score (nSPS) is 29.5. The largest absolute Gasteiger partial charge is 0.428 e. The van der Waals surface area contributed by atoms with Crippen molar-refractivity contribution in [3.05, 3.63) is 42.0 Å². The van der Waals surface area contributed by atoms with Gasteiger partial charge in [-0.3, -0.25) is 9.59 Å². The van der Waals surface area contributed by atoms with Crippen LogP contribution in [0.25, 0.3) is 5.65 Å². The number of fused-ring (bicyclic) bond motifs is 1. The van der Waals surface area contributed by atoms with E-state index in [1.165, 1.54) is 10.7 Å². The second-order valence-corrected chi connectivity index (χ2v) is 13.1. The van der Waals surface area contributed by atoms with Crippen LogP contribution in [0.3, 0.4) is 0 Å². The number of halogens is 5. The summed E-state index contributed by atoms with van der Waals surface area (Å²) in [5, 5.41) is 17.0. The number of rotatable bonds is 9. The van der Waals surface area contributed by atoms with Gasteiger partial charge in [0.25, 0.3) is 0 Å². The molecule has 1 aliphatic heterocycles. The first-order chi connectivity index (χ1) is 20.9. The van der Waals surface area contributed by atoms with E-state index in [-0.39, 0.29) is 62.2 Å². The molecular formula is C29H32F5N7O3. The lowest BCUT2D eigenvalue weighted by molar-refractivity contribution is -0.155. The Hall–Kier alpha value is -3.65. The SMILES string of the molecule is O=C(N[C@H](c1cn2ncc(C[C@@]3(Cc4nnco4)C[C@@H](C(F)(F)F)NC3=O)cc2n1)C1CCC(F)(F)CC1)[C@H]1C[C@H]1C1CC1. The Morgan fingerprint density at radius 1 is 1.18 bits per heavy atom. The number of aromatic nitrogens is 5. The lowest BCUT2D eigenvalue weighted by atomic mass is 9.76. The van der Waals surface area contributed by atoms with E-state index >= 15 is 0 Å². The molecule has 4 aliphatic rings. The standard InChI is InChI=1S/C29H32F5N7O3/c30-28(31)5-3-17(4-6-28)24(39-25(42)19-8-18(19)16-1-2-16)20-13-41-22(37-20)7-15(12-36-41)9-27(11-23-40-35-14-44-23)10-21(29(32,33)34)38-26(27)43/h7,12-14,16-19,21,24H,1-6,8-11H2,(H,38,43)(H,39,42)/t18-,19-,21-,24-,27-/m0/s1. The van der Waals surface area contributed by atoms with Gasteiger partial charge in [-0.2, -0.15) is 18.3 Å². The van der Waals surface area contributed by atoms with Crippen LogP contribution < -0.4 is 10.6 Å². The maximum absolute atomic E-state index is 14.0. The van der Waals surface area contributed by atoms with Crippen molar-refractivity contribution < 1.29 is 36.0 Å². The van der Waals surface area contributed by atoms with Gasteiger partial charge in [0.2, 0.25) is 30.0 Å². The average molecular weight is 622 g/mol. The first kappa shape index (κ1) is 29.1. The molecule has 0 spiro atoms. The smallest absolute Gasteiger partial charge is 0.408 e. The molecule has 4 fully saturated rings. The molecule has 10 nitrogen and oxygen atoms in total. The molecule has 2 amide bonds. The molecule has 0 bridgehead atoms. The highest BCUT2D eigenvalue weighted by atomic mass is 19.4. The zero-order valence-corrected chi connectivity index (χ0v) is 23.7. The summed E-state index contributed by atoms with van der Waals surface area (Å²) in [6.07, 6.45) is 1.78. The van der Waals surface area contributed by atoms with Crippen LogP contribution in [-0.2, 0) is 22.4 Å². The minimum absolute atomic E-state index is 0.0383. The number of imidazole rings is 1. The van der Waals surface area contributed by atoms with Crippen molar-refractivity contribution in [3.63, 3.8) is 0 Å². The maximum Gasteiger partial charge on any atom is 0.408 e. The Bertz CT molecular complexity index is 1550. The second-order valence-electron chi connectivity index (χ2n) is 13.1. The van der Waals surface area contributed by atoms with Crippen LogP contribution in [0.15, 0.2) is 29.3 Å². The lowest BCUT2D eigenvalue weighted by Crippen LogP contribution is -2.39. The number of hydrogen-bond donors (Lipinski definition) is 2. The molecule has 0 radical (unpaired) electrons. The first-order valence-electron chi connectivity index (χ1n) is 15.0. The highest BCUT2D eigenvalue weighted by molar-refractivity contribution is 5.86. The van der Waals surface area contributed by atoms with Crippen molar-refractivity contribution in [2.75, 3.05) is 0 Å². The summed E-state index contributed by atoms with van der Waals surface area (Å²) in [5.41, 5.74) is -0.207. The van der Waals surface area contributed by atoms with Crippen LogP contribution in [0.1, 0.15) is 74.6 Å². The minimum Gasteiger partial charge on any atom is -0.428 e. The fourth-order valence-corrected chi connectivity index (χ4v) is 7.20. The lowest BCUT2D eigenvalue weighted by Gasteiger charge is -2.33. The van der Waals surface area contributed by atoms with Crippen LogP contribution in [0.4, 0.5) is 22.0 Å². The fraction of sp³-hybridized carbons (Fsp3) is 0.655. The number of carbonyl (C=O) groups is 2. The number of nitrogens with one attached hydrogen (secondary N) is 2. The Labute approximate surface area is 248 Å². The maximum atomic E-state index is 14.0. The molecule has 7 rings (SSSR count). The van der Waals surface area contributed by atoms with Crippen LogP contribution in [0.5, 0.6) is 0 Å². The van der Waals surface area contributed by atoms with Crippen molar-refractivity contribution in [2.45, 2.75) is 88.4 Å². The molecule has 5 atom stereocenters. The van der Waals surface area contributed by atoms with E-state index in [1.807, 2.05) is 0 Å². The van der Waals surface area contributed by atoms with Crippen molar-refractivity contribution in [3.8, 4) is 0 Å². The van der Waals surface area contributed by atoms with Gasteiger partial charge in [-0.25, -0.2) is 18.3 Å². The average Bonchev–Trinajstić information content (AvgIpc) is 3.83. The Balaban J connectivity index is 1.15. The van der Waals surface area contributed by atoms with Gasteiger partial charge in [0.05, 0.1) is 29.5 Å². The summed E-state index contributed by atoms with van der Waals surface area (Å²) in [6, 6.07) is -0.967. The Kier molecular flexibility index (Phi) is 6.92. The molecule has 236 valence electrons. The molecule has 1 saturated heterocycles. The summed E-state index contributed by atoms with van der Waals surface area (Å²) in [4.78, 5) is 31.0. The predicted octanol–water partition coefficient (Wildman–Crippen LogP) is 4.36. The number of alkyl halides is 5. The van der Waals surface area contributed by atoms with Crippen LogP contribution >= 0.6 is 0 Å². The van der Waals surface area contributed by atoms with E-state index in [2.05, 4.69) is 25.9 Å². The van der Waals surface area contributed by atoms with Crippen LogP contribution in [-0.4, -0.2) is 54.8 Å². The number of hydrogen-bond acceptors (Lipinski definition) is 7. The van der Waals surface area contributed by atoms with E-state index in [9.17, 15) is 31.5 Å². The molecule has 2 N–H and O–H groups in total. The minimum atomic E-state index is -4.63. The van der Waals surface area contributed by atoms with Gasteiger partial charge >= 0.3 is 6.18 Å². The van der Waals surface area contributed by atoms with Gasteiger partial charge < -0.3 is 15.1 Å². The number of carbonyl (C=O) groups excluding carboxylic acids is 2. The molecule has 0 aromatic carbocycles. The van der Waals surface area contributed by atoms with E-state index in [0.717, 1.165) is 25.7 Å². The molecule has 3 saturated carbocycles. The third-order valence-electron chi connectivity index (χ3n) is 9.86. The zero-order chi connectivity index (χ0) is 30.9. The van der Waals surface area contributed by atoms with Gasteiger partial charge in [0, 0.05) is 25.2 Å². The summed E-state index contributed by atoms with van der Waals surface area (Å²) < 4.78 is 75.6. The molecule has 0 unspecified atom stereocenters. The molecule has 3 aromatic heterocycles. The molecule has 3 aromatic rings. The van der Waals surface area contributed by atoms with Crippen LogP contribution in [0, 0.1) is 29.1 Å². The molecular weight excluding hydrogens is 589 g/mol. The Morgan fingerprint density at radius 3 is 2.61 bits per heavy atom. The number of amides is 2. The topological polar surface area (TPSA) is 127 Å². The molecule has 15 heteroatoms. The highest BCUT2D eigenvalue weighted by Gasteiger charge is 2.56. The van der Waals surface area contributed by atoms with Crippen molar-refractivity contribution in [1.29, 1.82) is 0 Å². The van der Waals surface area contributed by atoms with Gasteiger partial charge in [-0.05, 0) is 74.3 Å².